The molecule has 130 valence electrons. The first-order chi connectivity index (χ1) is 11.0. The van der Waals surface area contributed by atoms with E-state index in [1.807, 2.05) is 12.1 Å². The van der Waals surface area contributed by atoms with Crippen molar-refractivity contribution in [1.82, 2.24) is 15.0 Å². The lowest BCUT2D eigenvalue weighted by atomic mass is 10.2. The lowest BCUT2D eigenvalue weighted by molar-refractivity contribution is 1.25. The van der Waals surface area contributed by atoms with E-state index in [9.17, 15) is 0 Å². The number of amidine groups is 2. The lowest BCUT2D eigenvalue weighted by Gasteiger charge is -2.00. The first kappa shape index (κ1) is 20.5. The minimum atomic E-state index is -0.0620. The van der Waals surface area contributed by atoms with Crippen molar-refractivity contribution in [2.24, 2.45) is 11.5 Å². The number of rotatable bonds is 4. The van der Waals surface area contributed by atoms with Gasteiger partial charge in [-0.1, -0.05) is 0 Å². The van der Waals surface area contributed by atoms with Crippen LogP contribution in [0.15, 0.2) is 42.9 Å². The van der Waals surface area contributed by atoms with E-state index in [-0.39, 0.29) is 36.5 Å². The molecule has 0 aliphatic heterocycles. The molecule has 0 saturated heterocycles. The number of hydrogen-bond acceptors (Lipinski definition) is 6. The second-order valence-corrected chi connectivity index (χ2v) is 5.75. The van der Waals surface area contributed by atoms with Crippen LogP contribution in [0.2, 0.25) is 0 Å². The van der Waals surface area contributed by atoms with Gasteiger partial charge >= 0.3 is 0 Å². The van der Waals surface area contributed by atoms with Gasteiger partial charge < -0.3 is 11.5 Å². The van der Waals surface area contributed by atoms with Gasteiger partial charge in [0.25, 0.3) is 0 Å². The van der Waals surface area contributed by atoms with Gasteiger partial charge in [0, 0.05) is 29.7 Å². The van der Waals surface area contributed by atoms with Crippen LogP contribution >= 0.6 is 36.2 Å². The summed E-state index contributed by atoms with van der Waals surface area (Å²) >= 11 is 1.51. The van der Waals surface area contributed by atoms with E-state index < -0.39 is 0 Å². The molecule has 6 N–H and O–H groups in total. The minimum absolute atomic E-state index is 0. The van der Waals surface area contributed by atoms with Gasteiger partial charge in [0.2, 0.25) is 0 Å². The fourth-order valence-corrected chi connectivity index (χ4v) is 2.82. The maximum absolute atomic E-state index is 7.35. The number of halogens is 2. The minimum Gasteiger partial charge on any atom is -0.382 e. The van der Waals surface area contributed by atoms with Crippen LogP contribution in [0.1, 0.15) is 11.4 Å². The van der Waals surface area contributed by atoms with E-state index in [2.05, 4.69) is 15.0 Å². The Morgan fingerprint density at radius 3 is 1.72 bits per heavy atom. The summed E-state index contributed by atoms with van der Waals surface area (Å²) < 4.78 is 0. The molecule has 3 aromatic rings. The van der Waals surface area contributed by atoms with Crippen LogP contribution in [-0.4, -0.2) is 26.6 Å². The average molecular weight is 396 g/mol. The summed E-state index contributed by atoms with van der Waals surface area (Å²) in [5.74, 6) is -0.119. The molecule has 0 fully saturated rings. The monoisotopic (exact) mass is 395 g/mol. The van der Waals surface area contributed by atoms with E-state index in [0.717, 1.165) is 21.0 Å². The molecule has 0 bridgehead atoms. The van der Waals surface area contributed by atoms with Gasteiger partial charge in [-0.2, -0.15) is 0 Å². The number of aromatic nitrogens is 3. The summed E-state index contributed by atoms with van der Waals surface area (Å²) in [4.78, 5) is 13.6. The molecule has 0 atom stereocenters. The quantitative estimate of drug-likeness (QED) is 0.397. The van der Waals surface area contributed by atoms with Crippen molar-refractivity contribution in [1.29, 1.82) is 10.8 Å². The van der Waals surface area contributed by atoms with Gasteiger partial charge in [0.15, 0.2) is 0 Å². The van der Waals surface area contributed by atoms with E-state index in [1.165, 1.54) is 11.3 Å². The highest BCUT2D eigenvalue weighted by Crippen LogP contribution is 2.31. The van der Waals surface area contributed by atoms with Gasteiger partial charge in [-0.05, 0) is 24.3 Å². The van der Waals surface area contributed by atoms with E-state index >= 15 is 0 Å². The molecule has 0 spiro atoms. The van der Waals surface area contributed by atoms with Gasteiger partial charge in [-0.3, -0.25) is 20.8 Å². The Kier molecular flexibility index (Phi) is 6.98. The predicted octanol–water partition coefficient (Wildman–Crippen LogP) is 2.68. The molecule has 0 aromatic carbocycles. The van der Waals surface area contributed by atoms with Gasteiger partial charge in [-0.25, -0.2) is 4.98 Å². The normalized spacial score (nSPS) is 9.60. The molecular weight excluding hydrogens is 381 g/mol. The van der Waals surface area contributed by atoms with Crippen molar-refractivity contribution in [3.63, 3.8) is 0 Å². The number of nitrogens with one attached hydrogen (secondary N) is 2. The standard InChI is InChI=1S/C15H13N7S.2ClH/c16-13(17)10-3-1-8(5-20-10)12-7-22-15(23-12)9-2-4-11(14(18)19)21-6-9;;/h1-7H,(H3,16,17)(H3,18,19);2*1H. The Hall–Kier alpha value is -2.55. The van der Waals surface area contributed by atoms with Crippen LogP contribution in [0.25, 0.3) is 21.0 Å². The van der Waals surface area contributed by atoms with Gasteiger partial charge in [0.05, 0.1) is 4.88 Å². The molecule has 0 aliphatic carbocycles. The largest absolute Gasteiger partial charge is 0.382 e. The Labute approximate surface area is 160 Å². The SMILES string of the molecule is Cl.Cl.N=C(N)c1ccc(-c2cnc(-c3ccc(C(=N)N)nc3)s2)cn1. The Morgan fingerprint density at radius 1 is 0.760 bits per heavy atom. The molecule has 0 saturated carbocycles. The summed E-state index contributed by atoms with van der Waals surface area (Å²) in [6.45, 7) is 0. The maximum Gasteiger partial charge on any atom is 0.141 e. The number of nitrogen functional groups attached to an aromatic ring is 2. The van der Waals surface area contributed by atoms with E-state index in [0.29, 0.717) is 11.4 Å². The zero-order chi connectivity index (χ0) is 16.4. The molecule has 25 heavy (non-hydrogen) atoms. The topological polar surface area (TPSA) is 138 Å². The Morgan fingerprint density at radius 2 is 1.28 bits per heavy atom. The highest BCUT2D eigenvalue weighted by Gasteiger charge is 2.09. The zero-order valence-electron chi connectivity index (χ0n) is 12.8. The zero-order valence-corrected chi connectivity index (χ0v) is 15.2. The fourth-order valence-electron chi connectivity index (χ4n) is 1.92. The molecule has 10 heteroatoms. The van der Waals surface area contributed by atoms with Crippen LogP contribution in [-0.2, 0) is 0 Å². The van der Waals surface area contributed by atoms with Crippen LogP contribution in [0.4, 0.5) is 0 Å². The van der Waals surface area contributed by atoms with Crippen molar-refractivity contribution < 1.29 is 0 Å². The Balaban J connectivity index is 0.00000156. The van der Waals surface area contributed by atoms with Crippen molar-refractivity contribution in [3.05, 3.63) is 54.2 Å². The van der Waals surface area contributed by atoms with Crippen LogP contribution in [0.3, 0.4) is 0 Å². The molecule has 0 unspecified atom stereocenters. The summed E-state index contributed by atoms with van der Waals surface area (Å²) in [5.41, 5.74) is 13.4. The maximum atomic E-state index is 7.35. The second kappa shape index (κ2) is 8.52. The van der Waals surface area contributed by atoms with Gasteiger partial charge in [0.1, 0.15) is 28.1 Å². The summed E-state index contributed by atoms with van der Waals surface area (Å²) in [5, 5.41) is 15.5. The van der Waals surface area contributed by atoms with E-state index in [1.54, 1.807) is 30.7 Å². The molecule has 0 amide bonds. The number of nitrogens with zero attached hydrogens (tertiary/aromatic N) is 3. The summed E-state index contributed by atoms with van der Waals surface area (Å²) in [7, 11) is 0. The van der Waals surface area contributed by atoms with Crippen molar-refractivity contribution in [3.8, 4) is 21.0 Å². The number of thiazole rings is 1. The first-order valence-electron chi connectivity index (χ1n) is 6.62. The van der Waals surface area contributed by atoms with Crippen LogP contribution in [0.5, 0.6) is 0 Å². The summed E-state index contributed by atoms with van der Waals surface area (Å²) in [6, 6.07) is 7.10. The molecular formula is C15H15Cl2N7S. The molecule has 3 heterocycles. The third kappa shape index (κ3) is 4.50. The number of hydrogen-bond donors (Lipinski definition) is 4. The second-order valence-electron chi connectivity index (χ2n) is 4.72. The molecule has 0 aliphatic rings. The van der Waals surface area contributed by atoms with Crippen LogP contribution in [0, 0.1) is 10.8 Å². The molecule has 3 rings (SSSR count). The number of pyridine rings is 2. The highest BCUT2D eigenvalue weighted by molar-refractivity contribution is 7.18. The summed E-state index contributed by atoms with van der Waals surface area (Å²) in [6.07, 6.45) is 5.09. The smallest absolute Gasteiger partial charge is 0.141 e. The average Bonchev–Trinajstić information content (AvgIpc) is 3.05. The van der Waals surface area contributed by atoms with Crippen molar-refractivity contribution in [2.45, 2.75) is 0 Å². The van der Waals surface area contributed by atoms with Crippen molar-refractivity contribution in [2.75, 3.05) is 0 Å². The predicted molar refractivity (Wildman–Crippen MR) is 105 cm³/mol. The first-order valence-corrected chi connectivity index (χ1v) is 7.43. The Bertz CT molecular complexity index is 804. The number of nitrogens with two attached hydrogens (primary N) is 2. The fraction of sp³-hybridized carbons (Fsp3) is 0. The third-order valence-corrected chi connectivity index (χ3v) is 4.21. The highest BCUT2D eigenvalue weighted by atomic mass is 35.5. The van der Waals surface area contributed by atoms with E-state index in [4.69, 9.17) is 22.3 Å². The lowest BCUT2D eigenvalue weighted by Crippen LogP contribution is -2.12. The van der Waals surface area contributed by atoms with Gasteiger partial charge in [-0.15, -0.1) is 36.2 Å². The molecule has 3 aromatic heterocycles. The van der Waals surface area contributed by atoms with Crippen molar-refractivity contribution >= 4 is 47.8 Å². The molecule has 7 nitrogen and oxygen atoms in total. The third-order valence-electron chi connectivity index (χ3n) is 3.12. The molecule has 0 radical (unpaired) electrons. The van der Waals surface area contributed by atoms with Crippen LogP contribution < -0.4 is 11.5 Å².